The highest BCUT2D eigenvalue weighted by Gasteiger charge is 2.02. The van der Waals surface area contributed by atoms with E-state index in [4.69, 9.17) is 0 Å². The molecule has 0 saturated carbocycles. The topological polar surface area (TPSA) is 41.5 Å². The van der Waals surface area contributed by atoms with Crippen molar-refractivity contribution >= 4 is 11.6 Å². The van der Waals surface area contributed by atoms with Crippen molar-refractivity contribution in [1.29, 1.82) is 0 Å². The predicted octanol–water partition coefficient (Wildman–Crippen LogP) is 2.73. The fraction of sp³-hybridized carbons (Fsp3) is 0.333. The summed E-state index contributed by atoms with van der Waals surface area (Å²) in [5, 5.41) is 2.94. The molecule has 0 heterocycles. The van der Waals surface area contributed by atoms with Gasteiger partial charge in [-0.05, 0) is 25.8 Å². The van der Waals surface area contributed by atoms with Crippen LogP contribution in [0.3, 0.4) is 0 Å². The van der Waals surface area contributed by atoms with Gasteiger partial charge in [-0.1, -0.05) is 35.9 Å². The molecule has 0 fully saturated rings. The van der Waals surface area contributed by atoms with Crippen LogP contribution < -0.4 is 5.32 Å². The maximum atomic E-state index is 11.4. The van der Waals surface area contributed by atoms with E-state index >= 15 is 0 Å². The largest absolute Gasteiger partial charge is 0.344 e. The summed E-state index contributed by atoms with van der Waals surface area (Å²) in [4.78, 5) is 15.7. The van der Waals surface area contributed by atoms with Gasteiger partial charge in [-0.2, -0.15) is 0 Å². The van der Waals surface area contributed by atoms with Crippen LogP contribution in [0.2, 0.25) is 0 Å². The smallest absolute Gasteiger partial charge is 0.194 e. The zero-order valence-corrected chi connectivity index (χ0v) is 11.2. The lowest BCUT2D eigenvalue weighted by Gasteiger charge is -2.03. The van der Waals surface area contributed by atoms with E-state index in [9.17, 15) is 4.79 Å². The van der Waals surface area contributed by atoms with Crippen molar-refractivity contribution in [2.24, 2.45) is 4.99 Å². The SMILES string of the molecule is CC(=O)C(=NCCc1ccccc1)NC=C(C)C. The maximum absolute atomic E-state index is 11.4. The van der Waals surface area contributed by atoms with Crippen LogP contribution in [0, 0.1) is 0 Å². The van der Waals surface area contributed by atoms with Gasteiger partial charge in [-0.3, -0.25) is 9.79 Å². The number of rotatable bonds is 5. The molecular weight excluding hydrogens is 224 g/mol. The van der Waals surface area contributed by atoms with Crippen molar-refractivity contribution in [3.63, 3.8) is 0 Å². The normalized spacial score (nSPS) is 10.9. The second kappa shape index (κ2) is 7.43. The lowest BCUT2D eigenvalue weighted by Crippen LogP contribution is -2.25. The third kappa shape index (κ3) is 5.43. The number of ketones is 1. The van der Waals surface area contributed by atoms with E-state index in [1.165, 1.54) is 12.5 Å². The second-order valence-corrected chi connectivity index (χ2v) is 4.39. The van der Waals surface area contributed by atoms with Crippen LogP contribution in [0.5, 0.6) is 0 Å². The van der Waals surface area contributed by atoms with Gasteiger partial charge in [0.05, 0.1) is 0 Å². The van der Waals surface area contributed by atoms with Gasteiger partial charge in [0, 0.05) is 19.7 Å². The van der Waals surface area contributed by atoms with Gasteiger partial charge in [0.1, 0.15) is 0 Å². The minimum atomic E-state index is -0.0411. The molecule has 0 aromatic heterocycles. The van der Waals surface area contributed by atoms with Crippen LogP contribution >= 0.6 is 0 Å². The molecule has 0 bridgehead atoms. The van der Waals surface area contributed by atoms with Crippen LogP contribution in [0.25, 0.3) is 0 Å². The van der Waals surface area contributed by atoms with Crippen molar-refractivity contribution < 1.29 is 4.79 Å². The Morgan fingerprint density at radius 2 is 1.89 bits per heavy atom. The molecule has 18 heavy (non-hydrogen) atoms. The van der Waals surface area contributed by atoms with E-state index < -0.39 is 0 Å². The number of amidine groups is 1. The molecule has 0 amide bonds. The molecule has 1 rings (SSSR count). The first kappa shape index (κ1) is 14.2. The molecular formula is C15H20N2O. The van der Waals surface area contributed by atoms with Crippen molar-refractivity contribution in [1.82, 2.24) is 5.32 Å². The zero-order chi connectivity index (χ0) is 13.4. The number of Topliss-reactive ketones (excluding diaryl/α,β-unsaturated/α-hetero) is 1. The molecule has 1 aromatic carbocycles. The number of allylic oxidation sites excluding steroid dienone is 1. The third-order valence-corrected chi connectivity index (χ3v) is 2.34. The van der Waals surface area contributed by atoms with Gasteiger partial charge in [-0.25, -0.2) is 0 Å². The fourth-order valence-electron chi connectivity index (χ4n) is 1.41. The Morgan fingerprint density at radius 1 is 1.22 bits per heavy atom. The van der Waals surface area contributed by atoms with Gasteiger partial charge in [0.2, 0.25) is 0 Å². The van der Waals surface area contributed by atoms with E-state index in [0.717, 1.165) is 12.0 Å². The molecule has 0 radical (unpaired) electrons. The lowest BCUT2D eigenvalue weighted by molar-refractivity contribution is -0.111. The monoisotopic (exact) mass is 244 g/mol. The highest BCUT2D eigenvalue weighted by molar-refractivity contribution is 6.38. The molecule has 0 aliphatic heterocycles. The van der Waals surface area contributed by atoms with Gasteiger partial charge in [0.15, 0.2) is 11.6 Å². The molecule has 0 unspecified atom stereocenters. The molecule has 96 valence electrons. The summed E-state index contributed by atoms with van der Waals surface area (Å²) in [6.07, 6.45) is 2.64. The summed E-state index contributed by atoms with van der Waals surface area (Å²) >= 11 is 0. The lowest BCUT2D eigenvalue weighted by atomic mass is 10.1. The molecule has 0 spiro atoms. The highest BCUT2D eigenvalue weighted by atomic mass is 16.1. The summed E-state index contributed by atoms with van der Waals surface area (Å²) in [5.41, 5.74) is 2.33. The van der Waals surface area contributed by atoms with Crippen LogP contribution in [0.15, 0.2) is 47.1 Å². The van der Waals surface area contributed by atoms with Crippen LogP contribution in [-0.2, 0) is 11.2 Å². The molecule has 3 nitrogen and oxygen atoms in total. The molecule has 3 heteroatoms. The first-order valence-electron chi connectivity index (χ1n) is 6.09. The Hall–Kier alpha value is -1.90. The Balaban J connectivity index is 2.56. The third-order valence-electron chi connectivity index (χ3n) is 2.34. The minimum Gasteiger partial charge on any atom is -0.344 e. The highest BCUT2D eigenvalue weighted by Crippen LogP contribution is 1.99. The minimum absolute atomic E-state index is 0.0411. The van der Waals surface area contributed by atoms with Crippen LogP contribution in [0.1, 0.15) is 26.3 Å². The van der Waals surface area contributed by atoms with E-state index in [2.05, 4.69) is 22.4 Å². The van der Waals surface area contributed by atoms with Gasteiger partial charge >= 0.3 is 0 Å². The van der Waals surface area contributed by atoms with E-state index in [1.807, 2.05) is 32.0 Å². The molecule has 1 N–H and O–H groups in total. The quantitative estimate of drug-likeness (QED) is 0.639. The van der Waals surface area contributed by atoms with E-state index in [0.29, 0.717) is 12.4 Å². The number of hydrogen-bond donors (Lipinski definition) is 1. The summed E-state index contributed by atoms with van der Waals surface area (Å²) in [5.74, 6) is 0.382. The first-order valence-corrected chi connectivity index (χ1v) is 6.09. The standard InChI is InChI=1S/C15H20N2O/c1-12(2)11-17-15(13(3)18)16-10-9-14-7-5-4-6-8-14/h4-8,11H,9-10H2,1-3H3,(H,16,17). The van der Waals surface area contributed by atoms with Crippen LogP contribution in [0.4, 0.5) is 0 Å². The molecule has 0 aliphatic rings. The van der Waals surface area contributed by atoms with E-state index in [1.54, 1.807) is 6.20 Å². The zero-order valence-electron chi connectivity index (χ0n) is 11.2. The molecule has 1 aromatic rings. The Labute approximate surface area is 109 Å². The Kier molecular flexibility index (Phi) is 5.85. The van der Waals surface area contributed by atoms with Crippen molar-refractivity contribution in [2.45, 2.75) is 27.2 Å². The van der Waals surface area contributed by atoms with Gasteiger partial charge in [0.25, 0.3) is 0 Å². The fourth-order valence-corrected chi connectivity index (χ4v) is 1.41. The maximum Gasteiger partial charge on any atom is 0.194 e. The Morgan fingerprint density at radius 3 is 2.44 bits per heavy atom. The summed E-state index contributed by atoms with van der Waals surface area (Å²) < 4.78 is 0. The first-order chi connectivity index (χ1) is 8.59. The Bertz CT molecular complexity index is 443. The summed E-state index contributed by atoms with van der Waals surface area (Å²) in [6.45, 7) is 6.07. The summed E-state index contributed by atoms with van der Waals surface area (Å²) in [7, 11) is 0. The number of nitrogens with zero attached hydrogens (tertiary/aromatic N) is 1. The number of hydrogen-bond acceptors (Lipinski definition) is 2. The number of benzene rings is 1. The average Bonchev–Trinajstić information content (AvgIpc) is 2.34. The molecule has 0 atom stereocenters. The average molecular weight is 244 g/mol. The molecule has 0 aliphatic carbocycles. The molecule has 0 saturated heterocycles. The van der Waals surface area contributed by atoms with Crippen molar-refractivity contribution in [2.75, 3.05) is 6.54 Å². The van der Waals surface area contributed by atoms with Crippen molar-refractivity contribution in [3.8, 4) is 0 Å². The second-order valence-electron chi connectivity index (χ2n) is 4.39. The number of carbonyl (C=O) groups is 1. The van der Waals surface area contributed by atoms with Gasteiger partial charge < -0.3 is 5.32 Å². The number of nitrogens with one attached hydrogen (secondary N) is 1. The van der Waals surface area contributed by atoms with Crippen molar-refractivity contribution in [3.05, 3.63) is 47.7 Å². The van der Waals surface area contributed by atoms with Crippen LogP contribution in [-0.4, -0.2) is 18.2 Å². The number of aliphatic imine (C=N–C) groups is 1. The predicted molar refractivity (Wildman–Crippen MR) is 75.7 cm³/mol. The number of carbonyl (C=O) groups excluding carboxylic acids is 1. The summed E-state index contributed by atoms with van der Waals surface area (Å²) in [6, 6.07) is 10.1. The van der Waals surface area contributed by atoms with Gasteiger partial charge in [-0.15, -0.1) is 0 Å². The van der Waals surface area contributed by atoms with E-state index in [-0.39, 0.29) is 5.78 Å².